The minimum Gasteiger partial charge on any atom is -0.339 e. The SMILES string of the molecule is CC(C)c1noc(CCNCC(C)(C)C)n1. The molecule has 0 aliphatic rings. The van der Waals surface area contributed by atoms with Crippen molar-refractivity contribution < 1.29 is 4.52 Å². The van der Waals surface area contributed by atoms with Gasteiger partial charge in [-0.25, -0.2) is 0 Å². The van der Waals surface area contributed by atoms with E-state index in [1.54, 1.807) is 0 Å². The lowest BCUT2D eigenvalue weighted by Gasteiger charge is -2.18. The molecule has 1 aromatic heterocycles. The fourth-order valence-corrected chi connectivity index (χ4v) is 1.26. The molecule has 16 heavy (non-hydrogen) atoms. The fourth-order valence-electron chi connectivity index (χ4n) is 1.26. The van der Waals surface area contributed by atoms with E-state index in [-0.39, 0.29) is 0 Å². The molecule has 0 spiro atoms. The summed E-state index contributed by atoms with van der Waals surface area (Å²) in [7, 11) is 0. The fraction of sp³-hybridized carbons (Fsp3) is 0.833. The highest BCUT2D eigenvalue weighted by Crippen LogP contribution is 2.11. The van der Waals surface area contributed by atoms with E-state index in [1.807, 2.05) is 0 Å². The Labute approximate surface area is 97.8 Å². The summed E-state index contributed by atoms with van der Waals surface area (Å²) in [5, 5.41) is 7.31. The van der Waals surface area contributed by atoms with Gasteiger partial charge in [0.05, 0.1) is 0 Å². The largest absolute Gasteiger partial charge is 0.339 e. The molecule has 1 N–H and O–H groups in total. The monoisotopic (exact) mass is 225 g/mol. The Morgan fingerprint density at radius 1 is 1.31 bits per heavy atom. The van der Waals surface area contributed by atoms with Gasteiger partial charge in [-0.2, -0.15) is 4.98 Å². The normalized spacial score (nSPS) is 12.4. The van der Waals surface area contributed by atoms with E-state index < -0.39 is 0 Å². The summed E-state index contributed by atoms with van der Waals surface area (Å²) in [4.78, 5) is 4.33. The van der Waals surface area contributed by atoms with Crippen molar-refractivity contribution in [1.82, 2.24) is 15.5 Å². The van der Waals surface area contributed by atoms with E-state index in [4.69, 9.17) is 4.52 Å². The second kappa shape index (κ2) is 5.43. The zero-order valence-corrected chi connectivity index (χ0v) is 11.0. The molecule has 0 aliphatic carbocycles. The Kier molecular flexibility index (Phi) is 4.47. The van der Waals surface area contributed by atoms with Crippen molar-refractivity contribution in [2.75, 3.05) is 13.1 Å². The Bertz CT molecular complexity index is 312. The summed E-state index contributed by atoms with van der Waals surface area (Å²) in [6.07, 6.45) is 0.801. The van der Waals surface area contributed by atoms with Crippen LogP contribution in [0, 0.1) is 5.41 Å². The second-order valence-electron chi connectivity index (χ2n) is 5.69. The van der Waals surface area contributed by atoms with Gasteiger partial charge in [0.2, 0.25) is 5.89 Å². The summed E-state index contributed by atoms with van der Waals surface area (Å²) in [5.74, 6) is 1.86. The third-order valence-corrected chi connectivity index (χ3v) is 2.17. The van der Waals surface area contributed by atoms with E-state index in [1.165, 1.54) is 0 Å². The smallest absolute Gasteiger partial charge is 0.227 e. The number of hydrogen-bond donors (Lipinski definition) is 1. The zero-order valence-electron chi connectivity index (χ0n) is 11.0. The van der Waals surface area contributed by atoms with Gasteiger partial charge in [-0.3, -0.25) is 0 Å². The van der Waals surface area contributed by atoms with Gasteiger partial charge < -0.3 is 9.84 Å². The van der Waals surface area contributed by atoms with Crippen LogP contribution in [0.1, 0.15) is 52.3 Å². The maximum absolute atomic E-state index is 5.16. The molecule has 0 amide bonds. The molecule has 0 unspecified atom stereocenters. The van der Waals surface area contributed by atoms with E-state index in [0.29, 0.717) is 11.3 Å². The van der Waals surface area contributed by atoms with E-state index in [9.17, 15) is 0 Å². The molecule has 0 bridgehead atoms. The first-order chi connectivity index (χ1) is 7.38. The Hall–Kier alpha value is -0.900. The molecule has 0 atom stereocenters. The van der Waals surface area contributed by atoms with E-state index in [2.05, 4.69) is 50.1 Å². The van der Waals surface area contributed by atoms with Gasteiger partial charge >= 0.3 is 0 Å². The first-order valence-electron chi connectivity index (χ1n) is 5.92. The van der Waals surface area contributed by atoms with Gasteiger partial charge in [-0.1, -0.05) is 39.8 Å². The zero-order chi connectivity index (χ0) is 12.2. The lowest BCUT2D eigenvalue weighted by molar-refractivity contribution is 0.354. The molecule has 1 aromatic rings. The van der Waals surface area contributed by atoms with Gasteiger partial charge in [0.15, 0.2) is 5.82 Å². The lowest BCUT2D eigenvalue weighted by atomic mass is 9.97. The van der Waals surface area contributed by atoms with Gasteiger partial charge in [0, 0.05) is 25.4 Å². The summed E-state index contributed by atoms with van der Waals surface area (Å²) in [6, 6.07) is 0. The van der Waals surface area contributed by atoms with Crippen LogP contribution in [0.4, 0.5) is 0 Å². The summed E-state index contributed by atoms with van der Waals surface area (Å²) in [6.45, 7) is 12.6. The average Bonchev–Trinajstić information content (AvgIpc) is 2.59. The van der Waals surface area contributed by atoms with Crippen LogP contribution in [0.25, 0.3) is 0 Å². The van der Waals surface area contributed by atoms with Crippen molar-refractivity contribution >= 4 is 0 Å². The van der Waals surface area contributed by atoms with Crippen molar-refractivity contribution in [2.45, 2.75) is 47.0 Å². The topological polar surface area (TPSA) is 51.0 Å². The van der Waals surface area contributed by atoms with Gasteiger partial charge in [0.1, 0.15) is 0 Å². The number of nitrogens with zero attached hydrogens (tertiary/aromatic N) is 2. The summed E-state index contributed by atoms with van der Waals surface area (Å²) >= 11 is 0. The van der Waals surface area contributed by atoms with E-state index >= 15 is 0 Å². The van der Waals surface area contributed by atoms with Crippen molar-refractivity contribution in [3.63, 3.8) is 0 Å². The standard InChI is InChI=1S/C12H23N3O/c1-9(2)11-14-10(16-15-11)6-7-13-8-12(3,4)5/h9,13H,6-8H2,1-5H3. The quantitative estimate of drug-likeness (QED) is 0.782. The predicted molar refractivity (Wildman–Crippen MR) is 64.4 cm³/mol. The van der Waals surface area contributed by atoms with Gasteiger partial charge in [-0.15, -0.1) is 0 Å². The van der Waals surface area contributed by atoms with Crippen LogP contribution >= 0.6 is 0 Å². The van der Waals surface area contributed by atoms with E-state index in [0.717, 1.165) is 31.2 Å². The Balaban J connectivity index is 2.27. The average molecular weight is 225 g/mol. The number of aromatic nitrogens is 2. The molecule has 1 heterocycles. The third kappa shape index (κ3) is 4.75. The molecule has 92 valence electrons. The van der Waals surface area contributed by atoms with Crippen LogP contribution in [0.15, 0.2) is 4.52 Å². The molecule has 0 radical (unpaired) electrons. The maximum Gasteiger partial charge on any atom is 0.227 e. The second-order valence-corrected chi connectivity index (χ2v) is 5.69. The van der Waals surface area contributed by atoms with Crippen LogP contribution in [0.2, 0.25) is 0 Å². The molecular weight excluding hydrogens is 202 g/mol. The molecule has 0 aliphatic heterocycles. The molecule has 4 heteroatoms. The van der Waals surface area contributed by atoms with Crippen molar-refractivity contribution in [3.05, 3.63) is 11.7 Å². The number of rotatable bonds is 5. The van der Waals surface area contributed by atoms with Crippen LogP contribution in [-0.2, 0) is 6.42 Å². The maximum atomic E-state index is 5.16. The minimum atomic E-state index is 0.317. The first kappa shape index (κ1) is 13.2. The number of nitrogens with one attached hydrogen (secondary N) is 1. The molecule has 0 saturated heterocycles. The third-order valence-electron chi connectivity index (χ3n) is 2.17. The van der Waals surface area contributed by atoms with Crippen molar-refractivity contribution in [2.24, 2.45) is 5.41 Å². The highest BCUT2D eigenvalue weighted by atomic mass is 16.5. The molecule has 0 fully saturated rings. The Morgan fingerprint density at radius 3 is 2.50 bits per heavy atom. The summed E-state index contributed by atoms with van der Waals surface area (Å²) < 4.78 is 5.16. The molecule has 4 nitrogen and oxygen atoms in total. The number of hydrogen-bond acceptors (Lipinski definition) is 4. The molecule has 1 rings (SSSR count). The minimum absolute atomic E-state index is 0.317. The molecular formula is C12H23N3O. The van der Waals surface area contributed by atoms with Crippen molar-refractivity contribution in [1.29, 1.82) is 0 Å². The van der Waals surface area contributed by atoms with Crippen molar-refractivity contribution in [3.8, 4) is 0 Å². The van der Waals surface area contributed by atoms with Crippen LogP contribution in [0.5, 0.6) is 0 Å². The lowest BCUT2D eigenvalue weighted by Crippen LogP contribution is -2.28. The highest BCUT2D eigenvalue weighted by molar-refractivity contribution is 4.91. The molecule has 0 aromatic carbocycles. The summed E-state index contributed by atoms with van der Waals surface area (Å²) in [5.41, 5.74) is 0.317. The Morgan fingerprint density at radius 2 is 2.00 bits per heavy atom. The predicted octanol–water partition coefficient (Wildman–Crippen LogP) is 2.37. The van der Waals surface area contributed by atoms with Gasteiger partial charge in [-0.05, 0) is 5.41 Å². The first-order valence-corrected chi connectivity index (χ1v) is 5.92. The highest BCUT2D eigenvalue weighted by Gasteiger charge is 2.11. The van der Waals surface area contributed by atoms with Crippen LogP contribution in [0.3, 0.4) is 0 Å². The molecule has 0 saturated carbocycles. The van der Waals surface area contributed by atoms with Gasteiger partial charge in [0.25, 0.3) is 0 Å². The van der Waals surface area contributed by atoms with Crippen LogP contribution < -0.4 is 5.32 Å². The van der Waals surface area contributed by atoms with Crippen LogP contribution in [-0.4, -0.2) is 23.2 Å².